The van der Waals surface area contributed by atoms with E-state index >= 15 is 4.39 Å². The van der Waals surface area contributed by atoms with E-state index in [9.17, 15) is 9.59 Å². The number of anilines is 1. The van der Waals surface area contributed by atoms with Crippen LogP contribution in [0.25, 0.3) is 0 Å². The first kappa shape index (κ1) is 31.2. The number of fused-ring (bicyclic) bond motifs is 1. The van der Waals surface area contributed by atoms with E-state index in [1.165, 1.54) is 0 Å². The normalized spacial score (nSPS) is 14.1. The quantitative estimate of drug-likeness (QED) is 0.211. The Hall–Kier alpha value is -3.34. The molecule has 2 aromatic rings. The molecule has 218 valence electrons. The number of aliphatic carboxylic acids is 1. The van der Waals surface area contributed by atoms with Crippen molar-refractivity contribution in [3.8, 4) is 17.2 Å². The fourth-order valence-corrected chi connectivity index (χ4v) is 4.98. The first-order chi connectivity index (χ1) is 18.8. The summed E-state index contributed by atoms with van der Waals surface area (Å²) in [5.74, 6) is -0.930. The highest BCUT2D eigenvalue weighted by Crippen LogP contribution is 2.39. The lowest BCUT2D eigenvalue weighted by Gasteiger charge is -2.21. The molecule has 0 saturated carbocycles. The summed E-state index contributed by atoms with van der Waals surface area (Å²) in [6.07, 6.45) is 3.34. The number of nitrogens with one attached hydrogen (secondary N) is 1. The van der Waals surface area contributed by atoms with Crippen molar-refractivity contribution in [2.24, 2.45) is 0 Å². The van der Waals surface area contributed by atoms with Gasteiger partial charge in [0.15, 0.2) is 23.1 Å². The Morgan fingerprint density at radius 3 is 2.42 bits per heavy atom. The third-order valence-electron chi connectivity index (χ3n) is 6.84. The van der Waals surface area contributed by atoms with Crippen LogP contribution in [-0.4, -0.2) is 67.0 Å². The summed E-state index contributed by atoms with van der Waals surface area (Å²) in [4.78, 5) is 28.0. The van der Waals surface area contributed by atoms with E-state index in [2.05, 4.69) is 4.90 Å². The molecule has 0 unspecified atom stereocenters. The molecule has 2 heterocycles. The first-order valence-electron chi connectivity index (χ1n) is 13.5. The summed E-state index contributed by atoms with van der Waals surface area (Å²) >= 11 is 0. The van der Waals surface area contributed by atoms with Gasteiger partial charge in [0.25, 0.3) is 0 Å². The van der Waals surface area contributed by atoms with Gasteiger partial charge in [-0.25, -0.2) is 4.39 Å². The van der Waals surface area contributed by atoms with Gasteiger partial charge in [0.1, 0.15) is 11.6 Å². The molecule has 2 aliphatic heterocycles. The molecule has 40 heavy (non-hydrogen) atoms. The van der Waals surface area contributed by atoms with E-state index in [-0.39, 0.29) is 66.0 Å². The molecule has 0 radical (unpaired) electrons. The second-order valence-corrected chi connectivity index (χ2v) is 9.65. The molecular weight excluding hydrogens is 585 g/mol. The molecule has 0 amide bonds. The Morgan fingerprint density at radius 1 is 1.02 bits per heavy atom. The molecule has 0 aromatic heterocycles. The van der Waals surface area contributed by atoms with E-state index in [0.717, 1.165) is 31.6 Å². The number of Topliss-reactive ketones (excluding diaryl/α,β-unsaturated/α-hetero) is 1. The van der Waals surface area contributed by atoms with Gasteiger partial charge < -0.3 is 29.1 Å². The topological polar surface area (TPSA) is 112 Å². The predicted molar refractivity (Wildman–Crippen MR) is 155 cm³/mol. The van der Waals surface area contributed by atoms with Crippen LogP contribution in [-0.2, 0) is 11.3 Å². The number of amidine groups is 1. The fourth-order valence-electron chi connectivity index (χ4n) is 4.98. The number of nitrogens with zero attached hydrogens (tertiary/aromatic N) is 2. The number of carbonyl (C=O) groups excluding carboxylic acids is 1. The van der Waals surface area contributed by atoms with Crippen molar-refractivity contribution in [2.75, 3.05) is 44.4 Å². The molecule has 0 aliphatic carbocycles. The Morgan fingerprint density at radius 2 is 1.75 bits per heavy atom. The van der Waals surface area contributed by atoms with Gasteiger partial charge in [-0.2, -0.15) is 0 Å². The largest absolute Gasteiger partial charge is 0.493 e. The van der Waals surface area contributed by atoms with Gasteiger partial charge in [-0.3, -0.25) is 15.0 Å². The zero-order valence-electron chi connectivity index (χ0n) is 23.0. The highest BCUT2D eigenvalue weighted by Gasteiger charge is 2.33. The van der Waals surface area contributed by atoms with Gasteiger partial charge in [0.05, 0.1) is 31.9 Å². The summed E-state index contributed by atoms with van der Waals surface area (Å²) in [5.41, 5.74) is 2.06. The van der Waals surface area contributed by atoms with Crippen LogP contribution in [0.4, 0.5) is 10.1 Å². The van der Waals surface area contributed by atoms with Gasteiger partial charge in [0, 0.05) is 43.4 Å². The predicted octanol–water partition coefficient (Wildman–Crippen LogP) is 5.46. The van der Waals surface area contributed by atoms with Gasteiger partial charge in [-0.05, 0) is 63.3 Å². The number of ketones is 1. The molecule has 2 aromatic carbocycles. The summed E-state index contributed by atoms with van der Waals surface area (Å²) < 4.78 is 32.4. The molecule has 1 fully saturated rings. The maximum absolute atomic E-state index is 15.4. The Labute approximate surface area is 244 Å². The Bertz CT molecular complexity index is 1230. The molecule has 11 heteroatoms. The molecule has 0 spiro atoms. The minimum atomic E-state index is -0.836. The average Bonchev–Trinajstić information content (AvgIpc) is 3.55. The minimum Gasteiger partial charge on any atom is -0.493 e. The van der Waals surface area contributed by atoms with Crippen LogP contribution in [0.5, 0.6) is 17.2 Å². The number of hydrogen-bond acceptors (Lipinski definition) is 7. The number of carbonyl (C=O) groups is 2. The van der Waals surface area contributed by atoms with E-state index in [0.29, 0.717) is 48.7 Å². The van der Waals surface area contributed by atoms with Crippen LogP contribution in [0.2, 0.25) is 0 Å². The standard InChI is InChI=1S/C29H36FN3O6.BrH/c1-3-37-24-15-20-17-33(29(31)26(20)27(30)28(24)38-4-2)18-23(34)19-13-21(32-10-6-7-11-32)16-22(14-19)39-12-8-5-9-25(35)36;/h13-16,31H,3-12,17-18H2,1-2H3,(H,35,36);1H. The van der Waals surface area contributed by atoms with E-state index in [1.807, 2.05) is 12.1 Å². The number of ether oxygens (including phenoxy) is 3. The van der Waals surface area contributed by atoms with Crippen molar-refractivity contribution in [1.82, 2.24) is 4.90 Å². The van der Waals surface area contributed by atoms with Crippen LogP contribution in [0.1, 0.15) is 67.4 Å². The number of rotatable bonds is 14. The maximum atomic E-state index is 15.4. The Balaban J connectivity index is 0.00000441. The monoisotopic (exact) mass is 621 g/mol. The second-order valence-electron chi connectivity index (χ2n) is 9.65. The Kier molecular flexibility index (Phi) is 11.2. The van der Waals surface area contributed by atoms with Crippen molar-refractivity contribution in [2.45, 2.75) is 52.5 Å². The summed E-state index contributed by atoms with van der Waals surface area (Å²) in [6, 6.07) is 7.13. The maximum Gasteiger partial charge on any atom is 0.303 e. The molecule has 2 N–H and O–H groups in total. The highest BCUT2D eigenvalue weighted by molar-refractivity contribution is 8.93. The van der Waals surface area contributed by atoms with Crippen molar-refractivity contribution in [3.05, 3.63) is 46.8 Å². The van der Waals surface area contributed by atoms with Crippen molar-refractivity contribution >= 4 is 40.3 Å². The molecule has 0 bridgehead atoms. The third kappa shape index (κ3) is 7.24. The lowest BCUT2D eigenvalue weighted by atomic mass is 10.1. The van der Waals surface area contributed by atoms with Gasteiger partial charge in [-0.15, -0.1) is 17.0 Å². The van der Waals surface area contributed by atoms with Crippen molar-refractivity contribution in [3.63, 3.8) is 0 Å². The number of unbranched alkanes of at least 4 members (excludes halogenated alkanes) is 1. The van der Waals surface area contributed by atoms with Gasteiger partial charge in [0.2, 0.25) is 0 Å². The van der Waals surface area contributed by atoms with E-state index < -0.39 is 11.8 Å². The SMILES string of the molecule is Br.CCOc1cc2c(c(F)c1OCC)C(=N)N(CC(=O)c1cc(OCCCCC(=O)O)cc(N3CCCC3)c1)C2. The summed E-state index contributed by atoms with van der Waals surface area (Å²) in [6.45, 7) is 6.40. The van der Waals surface area contributed by atoms with Gasteiger partial charge in [-0.1, -0.05) is 0 Å². The average molecular weight is 623 g/mol. The highest BCUT2D eigenvalue weighted by atomic mass is 79.9. The number of carboxylic acids is 1. The van der Waals surface area contributed by atoms with Crippen LogP contribution in [0, 0.1) is 11.2 Å². The summed E-state index contributed by atoms with van der Waals surface area (Å²) in [7, 11) is 0. The zero-order chi connectivity index (χ0) is 27.9. The molecule has 9 nitrogen and oxygen atoms in total. The van der Waals surface area contributed by atoms with Crippen molar-refractivity contribution < 1.29 is 33.3 Å². The fraction of sp³-hybridized carbons (Fsp3) is 0.483. The molecule has 1 saturated heterocycles. The lowest BCUT2D eigenvalue weighted by Crippen LogP contribution is -2.30. The third-order valence-corrected chi connectivity index (χ3v) is 6.84. The number of benzene rings is 2. The first-order valence-corrected chi connectivity index (χ1v) is 13.5. The molecule has 2 aliphatic rings. The van der Waals surface area contributed by atoms with Crippen LogP contribution in [0.15, 0.2) is 24.3 Å². The number of halogens is 2. The van der Waals surface area contributed by atoms with E-state index in [4.69, 9.17) is 24.7 Å². The number of carboxylic acid groups (broad SMARTS) is 1. The van der Waals surface area contributed by atoms with Gasteiger partial charge >= 0.3 is 5.97 Å². The van der Waals surface area contributed by atoms with E-state index in [1.54, 1.807) is 30.9 Å². The minimum absolute atomic E-state index is 0. The summed E-state index contributed by atoms with van der Waals surface area (Å²) in [5, 5.41) is 17.5. The second kappa shape index (κ2) is 14.3. The molecular formula is C29H37BrFN3O6. The van der Waals surface area contributed by atoms with Crippen LogP contribution >= 0.6 is 17.0 Å². The smallest absolute Gasteiger partial charge is 0.303 e. The lowest BCUT2D eigenvalue weighted by molar-refractivity contribution is -0.137. The number of hydrogen-bond donors (Lipinski definition) is 2. The van der Waals surface area contributed by atoms with Crippen LogP contribution in [0.3, 0.4) is 0 Å². The molecule has 0 atom stereocenters. The van der Waals surface area contributed by atoms with Crippen LogP contribution < -0.4 is 19.1 Å². The molecule has 4 rings (SSSR count). The van der Waals surface area contributed by atoms with Crippen molar-refractivity contribution in [1.29, 1.82) is 5.41 Å². The zero-order valence-corrected chi connectivity index (χ0v) is 24.7.